The van der Waals surface area contributed by atoms with E-state index in [1.54, 1.807) is 24.5 Å². The lowest BCUT2D eigenvalue weighted by atomic mass is 10.1. The van der Waals surface area contributed by atoms with Gasteiger partial charge in [0, 0.05) is 22.7 Å². The number of H-pyrrole nitrogens is 1. The maximum absolute atomic E-state index is 12.8. The summed E-state index contributed by atoms with van der Waals surface area (Å²) in [7, 11) is 0. The van der Waals surface area contributed by atoms with Gasteiger partial charge in [-0.2, -0.15) is 13.2 Å². The number of pyridine rings is 1. The van der Waals surface area contributed by atoms with Gasteiger partial charge in [-0.15, -0.1) is 0 Å². The molecule has 0 saturated heterocycles. The first kappa shape index (κ1) is 15.4. The second-order valence-corrected chi connectivity index (χ2v) is 5.52. The first-order chi connectivity index (χ1) is 10.8. The van der Waals surface area contributed by atoms with E-state index < -0.39 is 11.7 Å². The first-order valence-electron chi connectivity index (χ1n) is 7.15. The van der Waals surface area contributed by atoms with Crippen LogP contribution in [-0.4, -0.2) is 16.1 Å². The van der Waals surface area contributed by atoms with Crippen molar-refractivity contribution in [2.45, 2.75) is 26.1 Å². The number of fused-ring (bicyclic) bond motifs is 1. The largest absolute Gasteiger partial charge is 0.489 e. The third-order valence-electron chi connectivity index (χ3n) is 3.39. The first-order valence-corrected chi connectivity index (χ1v) is 7.15. The second kappa shape index (κ2) is 5.61. The molecule has 2 aromatic heterocycles. The van der Waals surface area contributed by atoms with Crippen LogP contribution in [-0.2, 0) is 6.18 Å². The lowest BCUT2D eigenvalue weighted by Gasteiger charge is -2.12. The molecule has 0 spiro atoms. The molecule has 120 valence electrons. The Kier molecular flexibility index (Phi) is 3.75. The molecule has 2 heterocycles. The number of benzene rings is 1. The Labute approximate surface area is 131 Å². The van der Waals surface area contributed by atoms with Crippen LogP contribution >= 0.6 is 0 Å². The molecule has 0 aliphatic heterocycles. The highest BCUT2D eigenvalue weighted by Crippen LogP contribution is 2.35. The smallest absolute Gasteiger partial charge is 0.416 e. The number of nitrogens with zero attached hydrogens (tertiary/aromatic N) is 1. The molecule has 3 nitrogen and oxygen atoms in total. The van der Waals surface area contributed by atoms with Crippen molar-refractivity contribution in [3.63, 3.8) is 0 Å². The number of aromatic nitrogens is 2. The van der Waals surface area contributed by atoms with Gasteiger partial charge in [0.25, 0.3) is 0 Å². The highest BCUT2D eigenvalue weighted by atomic mass is 19.4. The Morgan fingerprint density at radius 3 is 2.61 bits per heavy atom. The molecule has 0 bridgehead atoms. The minimum atomic E-state index is -4.35. The van der Waals surface area contributed by atoms with E-state index in [1.807, 2.05) is 13.8 Å². The van der Waals surface area contributed by atoms with E-state index in [2.05, 4.69) is 9.97 Å². The average molecular weight is 320 g/mol. The summed E-state index contributed by atoms with van der Waals surface area (Å²) in [5.41, 5.74) is 1.43. The SMILES string of the molecule is CC(C)Oc1cnccc1-c1cc2cc(C(F)(F)F)ccc2[nH]1. The molecular formula is C17H15F3N2O. The van der Waals surface area contributed by atoms with Crippen molar-refractivity contribution in [1.82, 2.24) is 9.97 Å². The van der Waals surface area contributed by atoms with E-state index in [9.17, 15) is 13.2 Å². The number of nitrogens with one attached hydrogen (secondary N) is 1. The summed E-state index contributed by atoms with van der Waals surface area (Å²) in [5, 5.41) is 0.502. The van der Waals surface area contributed by atoms with Crippen LogP contribution in [0, 0.1) is 0 Å². The Bertz CT molecular complexity index is 837. The number of hydrogen-bond acceptors (Lipinski definition) is 2. The zero-order chi connectivity index (χ0) is 16.6. The minimum Gasteiger partial charge on any atom is -0.489 e. The normalized spacial score (nSPS) is 12.1. The summed E-state index contributed by atoms with van der Waals surface area (Å²) in [5.74, 6) is 0.588. The van der Waals surface area contributed by atoms with Crippen molar-refractivity contribution in [2.75, 3.05) is 0 Å². The minimum absolute atomic E-state index is 0.0286. The molecule has 0 aliphatic rings. The Balaban J connectivity index is 2.08. The fraction of sp³-hybridized carbons (Fsp3) is 0.235. The Morgan fingerprint density at radius 2 is 1.91 bits per heavy atom. The van der Waals surface area contributed by atoms with Crippen molar-refractivity contribution >= 4 is 10.9 Å². The van der Waals surface area contributed by atoms with Crippen molar-refractivity contribution in [2.24, 2.45) is 0 Å². The Morgan fingerprint density at radius 1 is 1.13 bits per heavy atom. The van der Waals surface area contributed by atoms with Crippen LogP contribution in [0.3, 0.4) is 0 Å². The lowest BCUT2D eigenvalue weighted by Crippen LogP contribution is -2.06. The topological polar surface area (TPSA) is 37.9 Å². The molecular weight excluding hydrogens is 305 g/mol. The van der Waals surface area contributed by atoms with E-state index in [4.69, 9.17) is 4.74 Å². The number of hydrogen-bond donors (Lipinski definition) is 1. The van der Waals surface area contributed by atoms with E-state index in [1.165, 1.54) is 6.07 Å². The van der Waals surface area contributed by atoms with E-state index in [0.717, 1.165) is 17.7 Å². The number of halogens is 3. The molecule has 0 amide bonds. The van der Waals surface area contributed by atoms with Crippen LogP contribution in [0.2, 0.25) is 0 Å². The van der Waals surface area contributed by atoms with Gasteiger partial charge >= 0.3 is 6.18 Å². The van der Waals surface area contributed by atoms with Gasteiger partial charge in [-0.1, -0.05) is 0 Å². The number of ether oxygens (including phenoxy) is 1. The highest BCUT2D eigenvalue weighted by Gasteiger charge is 2.30. The van der Waals surface area contributed by atoms with Gasteiger partial charge in [-0.3, -0.25) is 4.98 Å². The molecule has 1 aromatic carbocycles. The van der Waals surface area contributed by atoms with Crippen molar-refractivity contribution in [1.29, 1.82) is 0 Å². The molecule has 6 heteroatoms. The number of aromatic amines is 1. The van der Waals surface area contributed by atoms with Crippen LogP contribution in [0.5, 0.6) is 5.75 Å². The van der Waals surface area contributed by atoms with Gasteiger partial charge in [0.1, 0.15) is 5.75 Å². The number of alkyl halides is 3. The zero-order valence-electron chi connectivity index (χ0n) is 12.6. The highest BCUT2D eigenvalue weighted by molar-refractivity contribution is 5.87. The van der Waals surface area contributed by atoms with Crippen LogP contribution in [0.25, 0.3) is 22.2 Å². The van der Waals surface area contributed by atoms with Crippen LogP contribution in [0.15, 0.2) is 42.7 Å². The fourth-order valence-electron chi connectivity index (χ4n) is 2.40. The Hall–Kier alpha value is -2.50. The van der Waals surface area contributed by atoms with Crippen LogP contribution < -0.4 is 4.74 Å². The molecule has 3 aromatic rings. The standard InChI is InChI=1S/C17H15F3N2O/c1-10(2)23-16-9-21-6-5-13(16)15-8-11-7-12(17(18,19)20)3-4-14(11)22-15/h3-10,22H,1-2H3. The maximum atomic E-state index is 12.8. The molecule has 23 heavy (non-hydrogen) atoms. The van der Waals surface area contributed by atoms with Crippen LogP contribution in [0.1, 0.15) is 19.4 Å². The summed E-state index contributed by atoms with van der Waals surface area (Å²) >= 11 is 0. The van der Waals surface area contributed by atoms with E-state index in [-0.39, 0.29) is 6.10 Å². The average Bonchev–Trinajstić information content (AvgIpc) is 2.89. The summed E-state index contributed by atoms with van der Waals surface area (Å²) in [6, 6.07) is 7.10. The van der Waals surface area contributed by atoms with Gasteiger partial charge in [0.05, 0.1) is 23.6 Å². The summed E-state index contributed by atoms with van der Waals surface area (Å²) in [4.78, 5) is 7.17. The molecule has 0 atom stereocenters. The molecule has 0 fully saturated rings. The summed E-state index contributed by atoms with van der Waals surface area (Å²) in [6.07, 6.45) is -1.16. The lowest BCUT2D eigenvalue weighted by molar-refractivity contribution is -0.137. The number of rotatable bonds is 3. The third kappa shape index (κ3) is 3.16. The summed E-state index contributed by atoms with van der Waals surface area (Å²) < 4.78 is 44.2. The van der Waals surface area contributed by atoms with Crippen molar-refractivity contribution in [3.05, 3.63) is 48.3 Å². The molecule has 0 saturated carbocycles. The molecule has 0 radical (unpaired) electrons. The summed E-state index contributed by atoms with van der Waals surface area (Å²) in [6.45, 7) is 3.80. The predicted molar refractivity (Wildman–Crippen MR) is 82.3 cm³/mol. The monoisotopic (exact) mass is 320 g/mol. The molecule has 1 N–H and O–H groups in total. The zero-order valence-corrected chi connectivity index (χ0v) is 12.6. The van der Waals surface area contributed by atoms with Crippen LogP contribution in [0.4, 0.5) is 13.2 Å². The second-order valence-electron chi connectivity index (χ2n) is 5.52. The molecule has 3 rings (SSSR count). The van der Waals surface area contributed by atoms with E-state index in [0.29, 0.717) is 22.3 Å². The molecule has 0 aliphatic carbocycles. The van der Waals surface area contributed by atoms with Crippen molar-refractivity contribution in [3.8, 4) is 17.0 Å². The third-order valence-corrected chi connectivity index (χ3v) is 3.39. The van der Waals surface area contributed by atoms with Gasteiger partial charge in [0.2, 0.25) is 0 Å². The van der Waals surface area contributed by atoms with Gasteiger partial charge in [0.15, 0.2) is 0 Å². The van der Waals surface area contributed by atoms with Gasteiger partial charge in [-0.05, 0) is 44.2 Å². The van der Waals surface area contributed by atoms with Gasteiger partial charge in [-0.25, -0.2) is 0 Å². The predicted octanol–water partition coefficient (Wildman–Crippen LogP) is 5.04. The quantitative estimate of drug-likeness (QED) is 0.734. The van der Waals surface area contributed by atoms with Crippen molar-refractivity contribution < 1.29 is 17.9 Å². The van der Waals surface area contributed by atoms with E-state index >= 15 is 0 Å². The fourth-order valence-corrected chi connectivity index (χ4v) is 2.40. The van der Waals surface area contributed by atoms with Gasteiger partial charge < -0.3 is 9.72 Å². The molecule has 0 unspecified atom stereocenters. The maximum Gasteiger partial charge on any atom is 0.416 e.